The number of rotatable bonds is 5. The minimum Gasteiger partial charge on any atom is -0.376 e. The van der Waals surface area contributed by atoms with Crippen LogP contribution in [-0.2, 0) is 4.74 Å². The van der Waals surface area contributed by atoms with Crippen molar-refractivity contribution in [2.45, 2.75) is 65.1 Å². The van der Waals surface area contributed by atoms with E-state index in [9.17, 15) is 0 Å². The number of nitrogens with zero attached hydrogens (tertiary/aromatic N) is 1. The fourth-order valence-electron chi connectivity index (χ4n) is 2.35. The molecule has 0 saturated carbocycles. The van der Waals surface area contributed by atoms with E-state index in [2.05, 4.69) is 44.8 Å². The van der Waals surface area contributed by atoms with Crippen LogP contribution in [0.25, 0.3) is 0 Å². The fraction of sp³-hybridized carbons (Fsp3) is 1.00. The molecule has 102 valence electrons. The van der Waals surface area contributed by atoms with E-state index in [4.69, 9.17) is 4.74 Å². The van der Waals surface area contributed by atoms with E-state index in [-0.39, 0.29) is 5.54 Å². The molecular weight excluding hydrogens is 212 g/mol. The predicted octanol–water partition coefficient (Wildman–Crippen LogP) is 2.26. The van der Waals surface area contributed by atoms with Crippen LogP contribution in [0.3, 0.4) is 0 Å². The quantitative estimate of drug-likeness (QED) is 0.800. The van der Waals surface area contributed by atoms with Crippen LogP contribution in [0.5, 0.6) is 0 Å². The third-order valence-electron chi connectivity index (χ3n) is 3.28. The van der Waals surface area contributed by atoms with E-state index in [0.717, 1.165) is 26.2 Å². The second kappa shape index (κ2) is 6.72. The smallest absolute Gasteiger partial charge is 0.0674 e. The second-order valence-corrected chi connectivity index (χ2v) is 6.25. The molecule has 1 rings (SSSR count). The van der Waals surface area contributed by atoms with Gasteiger partial charge in [-0.25, -0.2) is 0 Å². The standard InChI is InChI=1S/C14H30N2O/c1-6-7-13(10-15-14(3,4)5)16-8-9-17-12(2)11-16/h12-13,15H,6-11H2,1-5H3. The zero-order chi connectivity index (χ0) is 12.9. The highest BCUT2D eigenvalue weighted by Gasteiger charge is 2.24. The Kier molecular flexibility index (Phi) is 5.90. The zero-order valence-electron chi connectivity index (χ0n) is 12.3. The molecule has 0 aromatic heterocycles. The average Bonchev–Trinajstić information content (AvgIpc) is 2.23. The van der Waals surface area contributed by atoms with Crippen molar-refractivity contribution < 1.29 is 4.74 Å². The van der Waals surface area contributed by atoms with Crippen molar-refractivity contribution in [1.82, 2.24) is 10.2 Å². The van der Waals surface area contributed by atoms with Crippen molar-refractivity contribution >= 4 is 0 Å². The molecule has 2 unspecified atom stereocenters. The van der Waals surface area contributed by atoms with E-state index in [0.29, 0.717) is 12.1 Å². The average molecular weight is 242 g/mol. The maximum atomic E-state index is 5.62. The topological polar surface area (TPSA) is 24.5 Å². The molecule has 0 aliphatic carbocycles. The predicted molar refractivity (Wildman–Crippen MR) is 73.4 cm³/mol. The molecule has 1 fully saturated rings. The van der Waals surface area contributed by atoms with E-state index < -0.39 is 0 Å². The second-order valence-electron chi connectivity index (χ2n) is 6.25. The van der Waals surface area contributed by atoms with Gasteiger partial charge in [-0.3, -0.25) is 4.90 Å². The highest BCUT2D eigenvalue weighted by molar-refractivity contribution is 4.81. The molecule has 1 saturated heterocycles. The monoisotopic (exact) mass is 242 g/mol. The summed E-state index contributed by atoms with van der Waals surface area (Å²) < 4.78 is 5.62. The first-order valence-electron chi connectivity index (χ1n) is 7.03. The van der Waals surface area contributed by atoms with Gasteiger partial charge in [-0.1, -0.05) is 13.3 Å². The van der Waals surface area contributed by atoms with Gasteiger partial charge in [0.2, 0.25) is 0 Å². The molecule has 0 aromatic carbocycles. The lowest BCUT2D eigenvalue weighted by atomic mass is 10.1. The van der Waals surface area contributed by atoms with Crippen molar-refractivity contribution in [3.63, 3.8) is 0 Å². The van der Waals surface area contributed by atoms with Crippen LogP contribution in [0.15, 0.2) is 0 Å². The van der Waals surface area contributed by atoms with Gasteiger partial charge >= 0.3 is 0 Å². The molecule has 1 heterocycles. The highest BCUT2D eigenvalue weighted by atomic mass is 16.5. The number of hydrogen-bond acceptors (Lipinski definition) is 3. The van der Waals surface area contributed by atoms with Gasteiger partial charge in [0.05, 0.1) is 12.7 Å². The molecule has 0 spiro atoms. The molecule has 0 amide bonds. The zero-order valence-corrected chi connectivity index (χ0v) is 12.3. The minimum absolute atomic E-state index is 0.212. The lowest BCUT2D eigenvalue weighted by Gasteiger charge is -2.38. The van der Waals surface area contributed by atoms with Crippen LogP contribution in [-0.4, -0.2) is 48.8 Å². The normalized spacial score (nSPS) is 24.9. The van der Waals surface area contributed by atoms with Gasteiger partial charge < -0.3 is 10.1 Å². The van der Waals surface area contributed by atoms with Crippen LogP contribution in [0.2, 0.25) is 0 Å². The van der Waals surface area contributed by atoms with E-state index in [1.807, 2.05) is 0 Å². The van der Waals surface area contributed by atoms with Crippen LogP contribution >= 0.6 is 0 Å². The number of nitrogens with one attached hydrogen (secondary N) is 1. The minimum atomic E-state index is 0.212. The van der Waals surface area contributed by atoms with E-state index in [1.54, 1.807) is 0 Å². The first-order chi connectivity index (χ1) is 7.92. The number of morpholine rings is 1. The summed E-state index contributed by atoms with van der Waals surface area (Å²) in [5, 5.41) is 3.64. The Morgan fingerprint density at radius 2 is 2.12 bits per heavy atom. The lowest BCUT2D eigenvalue weighted by Crippen LogP contribution is -2.52. The van der Waals surface area contributed by atoms with Gasteiger partial charge in [0.25, 0.3) is 0 Å². The summed E-state index contributed by atoms with van der Waals surface area (Å²) >= 11 is 0. The Bertz CT molecular complexity index is 213. The third kappa shape index (κ3) is 5.84. The fourth-order valence-corrected chi connectivity index (χ4v) is 2.35. The van der Waals surface area contributed by atoms with Crippen LogP contribution in [0.4, 0.5) is 0 Å². The molecule has 0 bridgehead atoms. The summed E-state index contributed by atoms with van der Waals surface area (Å²) in [4.78, 5) is 2.59. The largest absolute Gasteiger partial charge is 0.376 e. The molecule has 1 aliphatic rings. The van der Waals surface area contributed by atoms with Gasteiger partial charge in [-0.15, -0.1) is 0 Å². The summed E-state index contributed by atoms with van der Waals surface area (Å²) in [6.45, 7) is 15.3. The number of ether oxygens (including phenoxy) is 1. The first-order valence-corrected chi connectivity index (χ1v) is 7.03. The summed E-state index contributed by atoms with van der Waals surface area (Å²) in [7, 11) is 0. The van der Waals surface area contributed by atoms with Crippen molar-refractivity contribution in [1.29, 1.82) is 0 Å². The van der Waals surface area contributed by atoms with Gasteiger partial charge in [-0.2, -0.15) is 0 Å². The third-order valence-corrected chi connectivity index (χ3v) is 3.28. The van der Waals surface area contributed by atoms with Crippen LogP contribution in [0, 0.1) is 0 Å². The summed E-state index contributed by atoms with van der Waals surface area (Å²) in [6, 6.07) is 0.658. The molecule has 0 aromatic rings. The maximum absolute atomic E-state index is 5.62. The molecular formula is C14H30N2O. The van der Waals surface area contributed by atoms with Crippen LogP contribution in [0.1, 0.15) is 47.5 Å². The number of hydrogen-bond donors (Lipinski definition) is 1. The Hall–Kier alpha value is -0.120. The van der Waals surface area contributed by atoms with Gasteiger partial charge in [-0.05, 0) is 34.1 Å². The Balaban J connectivity index is 2.46. The van der Waals surface area contributed by atoms with Crippen molar-refractivity contribution in [3.05, 3.63) is 0 Å². The summed E-state index contributed by atoms with van der Waals surface area (Å²) in [5.74, 6) is 0. The molecule has 3 nitrogen and oxygen atoms in total. The molecule has 1 N–H and O–H groups in total. The molecule has 3 heteroatoms. The van der Waals surface area contributed by atoms with Gasteiger partial charge in [0, 0.05) is 31.2 Å². The maximum Gasteiger partial charge on any atom is 0.0674 e. The molecule has 17 heavy (non-hydrogen) atoms. The Morgan fingerprint density at radius 3 is 2.65 bits per heavy atom. The molecule has 1 aliphatic heterocycles. The summed E-state index contributed by atoms with van der Waals surface area (Å²) in [5.41, 5.74) is 0.212. The van der Waals surface area contributed by atoms with Gasteiger partial charge in [0.1, 0.15) is 0 Å². The van der Waals surface area contributed by atoms with Crippen molar-refractivity contribution in [2.24, 2.45) is 0 Å². The molecule has 2 atom stereocenters. The van der Waals surface area contributed by atoms with Crippen LogP contribution < -0.4 is 5.32 Å². The Morgan fingerprint density at radius 1 is 1.41 bits per heavy atom. The van der Waals surface area contributed by atoms with E-state index >= 15 is 0 Å². The lowest BCUT2D eigenvalue weighted by molar-refractivity contribution is -0.0357. The highest BCUT2D eigenvalue weighted by Crippen LogP contribution is 2.13. The van der Waals surface area contributed by atoms with E-state index in [1.165, 1.54) is 12.8 Å². The Labute approximate surface area is 107 Å². The van der Waals surface area contributed by atoms with Crippen molar-refractivity contribution in [2.75, 3.05) is 26.2 Å². The molecule has 0 radical (unpaired) electrons. The van der Waals surface area contributed by atoms with Crippen molar-refractivity contribution in [3.8, 4) is 0 Å². The summed E-state index contributed by atoms with van der Waals surface area (Å²) in [6.07, 6.45) is 2.91. The SMILES string of the molecule is CCCC(CNC(C)(C)C)N1CCOC(C)C1. The van der Waals surface area contributed by atoms with Gasteiger partial charge in [0.15, 0.2) is 0 Å². The first kappa shape index (κ1) is 14.9.